The van der Waals surface area contributed by atoms with Gasteiger partial charge in [-0.3, -0.25) is 0 Å². The van der Waals surface area contributed by atoms with Gasteiger partial charge in [-0.1, -0.05) is 30.1 Å². The highest BCUT2D eigenvalue weighted by molar-refractivity contribution is 6.52. The van der Waals surface area contributed by atoms with E-state index in [0.717, 1.165) is 0 Å². The number of aliphatic hydroxyl groups is 3. The van der Waals surface area contributed by atoms with Crippen LogP contribution in [0, 0.1) is 0 Å². The van der Waals surface area contributed by atoms with E-state index in [2.05, 4.69) is 0 Å². The minimum atomic E-state index is -3.18. The third-order valence-corrected chi connectivity index (χ3v) is 3.09. The van der Waals surface area contributed by atoms with Crippen molar-refractivity contribution in [1.82, 2.24) is 0 Å². The van der Waals surface area contributed by atoms with Gasteiger partial charge in [0.05, 0.1) is 5.38 Å². The lowest BCUT2D eigenvalue weighted by atomic mass is 10.2. The Bertz CT molecular complexity index is 131. The van der Waals surface area contributed by atoms with Gasteiger partial charge < -0.3 is 15.3 Å². The number of rotatable bonds is 3. The normalized spacial score (nSPS) is 16.6. The molecule has 0 aromatic heterocycles. The highest BCUT2D eigenvalue weighted by Gasteiger charge is 2.51. The van der Waals surface area contributed by atoms with E-state index in [4.69, 9.17) is 50.1 Å². The fourth-order valence-electron chi connectivity index (χ4n) is 0.466. The first-order valence-corrected chi connectivity index (χ1v) is 4.11. The van der Waals surface area contributed by atoms with E-state index in [-0.39, 0.29) is 0 Å². The Labute approximate surface area is 79.5 Å². The Morgan fingerprint density at radius 1 is 1.27 bits per heavy atom. The third kappa shape index (κ3) is 2.61. The van der Waals surface area contributed by atoms with Gasteiger partial charge in [-0.05, 0) is 6.42 Å². The second-order valence-corrected chi connectivity index (χ2v) is 4.05. The Kier molecular flexibility index (Phi) is 3.89. The van der Waals surface area contributed by atoms with Crippen LogP contribution in [0.15, 0.2) is 0 Å². The van der Waals surface area contributed by atoms with E-state index >= 15 is 0 Å². The van der Waals surface area contributed by atoms with E-state index in [9.17, 15) is 0 Å². The van der Waals surface area contributed by atoms with Crippen LogP contribution in [0.4, 0.5) is 0 Å². The first kappa shape index (κ1) is 11.8. The molecule has 0 saturated carbocycles. The average molecular weight is 223 g/mol. The van der Waals surface area contributed by atoms with Crippen molar-refractivity contribution < 1.29 is 15.3 Å². The van der Waals surface area contributed by atoms with Crippen LogP contribution in [0.2, 0.25) is 0 Å². The van der Waals surface area contributed by atoms with E-state index in [1.54, 1.807) is 6.92 Å². The second kappa shape index (κ2) is 3.64. The maximum absolute atomic E-state index is 8.61. The molecular formula is C5H9Cl3O3. The van der Waals surface area contributed by atoms with E-state index < -0.39 is 15.7 Å². The number of hydrogen-bond acceptors (Lipinski definition) is 3. The predicted molar refractivity (Wildman–Crippen MR) is 43.8 cm³/mol. The van der Waals surface area contributed by atoms with Gasteiger partial charge in [0.2, 0.25) is 4.33 Å². The summed E-state index contributed by atoms with van der Waals surface area (Å²) >= 11 is 16.2. The van der Waals surface area contributed by atoms with Gasteiger partial charge >= 0.3 is 5.97 Å². The molecule has 6 heteroatoms. The van der Waals surface area contributed by atoms with Gasteiger partial charge in [-0.2, -0.15) is 0 Å². The quantitative estimate of drug-likeness (QED) is 0.490. The van der Waals surface area contributed by atoms with Crippen LogP contribution < -0.4 is 0 Å². The Hall–Kier alpha value is 0.750. The molecule has 0 bridgehead atoms. The first-order valence-electron chi connectivity index (χ1n) is 2.92. The zero-order valence-electron chi connectivity index (χ0n) is 5.76. The number of alkyl halides is 3. The van der Waals surface area contributed by atoms with Gasteiger partial charge in [0.25, 0.3) is 0 Å². The summed E-state index contributed by atoms with van der Waals surface area (Å²) in [6, 6.07) is 0. The molecule has 0 fully saturated rings. The van der Waals surface area contributed by atoms with E-state index in [1.165, 1.54) is 0 Å². The van der Waals surface area contributed by atoms with Gasteiger partial charge in [-0.25, -0.2) is 0 Å². The van der Waals surface area contributed by atoms with Crippen molar-refractivity contribution in [3.05, 3.63) is 0 Å². The zero-order chi connectivity index (χ0) is 9.28. The molecule has 11 heavy (non-hydrogen) atoms. The van der Waals surface area contributed by atoms with Crippen molar-refractivity contribution in [3.8, 4) is 0 Å². The van der Waals surface area contributed by atoms with Gasteiger partial charge in [-0.15, -0.1) is 11.6 Å². The van der Waals surface area contributed by atoms with Crippen molar-refractivity contribution in [2.75, 3.05) is 0 Å². The smallest absolute Gasteiger partial charge is 0.311 e. The number of halogens is 3. The van der Waals surface area contributed by atoms with Crippen LogP contribution in [0.25, 0.3) is 0 Å². The Morgan fingerprint density at radius 3 is 1.73 bits per heavy atom. The monoisotopic (exact) mass is 222 g/mol. The molecule has 0 aromatic carbocycles. The van der Waals surface area contributed by atoms with E-state index in [1.807, 2.05) is 0 Å². The van der Waals surface area contributed by atoms with Crippen molar-refractivity contribution in [1.29, 1.82) is 0 Å². The van der Waals surface area contributed by atoms with Crippen LogP contribution in [0.1, 0.15) is 13.3 Å². The highest BCUT2D eigenvalue weighted by atomic mass is 35.5. The molecule has 0 amide bonds. The maximum atomic E-state index is 8.61. The molecule has 1 atom stereocenters. The molecule has 0 rings (SSSR count). The molecule has 0 saturated heterocycles. The third-order valence-electron chi connectivity index (χ3n) is 1.20. The number of hydrogen-bond donors (Lipinski definition) is 3. The summed E-state index contributed by atoms with van der Waals surface area (Å²) in [5.41, 5.74) is 0. The summed E-state index contributed by atoms with van der Waals surface area (Å²) < 4.78 is -2.18. The average Bonchev–Trinajstić information content (AvgIpc) is 1.83. The summed E-state index contributed by atoms with van der Waals surface area (Å²) in [6.45, 7) is 1.64. The lowest BCUT2D eigenvalue weighted by Gasteiger charge is -2.31. The predicted octanol–water partition coefficient (Wildman–Crippen LogP) is 0.808. The van der Waals surface area contributed by atoms with Gasteiger partial charge in [0.1, 0.15) is 0 Å². The molecule has 3 nitrogen and oxygen atoms in total. The molecule has 0 aliphatic carbocycles. The second-order valence-electron chi connectivity index (χ2n) is 2.13. The lowest BCUT2D eigenvalue weighted by Crippen LogP contribution is -2.51. The minimum Gasteiger partial charge on any atom is -0.341 e. The largest absolute Gasteiger partial charge is 0.341 e. The lowest BCUT2D eigenvalue weighted by molar-refractivity contribution is -0.319. The topological polar surface area (TPSA) is 60.7 Å². The molecule has 0 heterocycles. The summed E-state index contributed by atoms with van der Waals surface area (Å²) in [7, 11) is 0. The van der Waals surface area contributed by atoms with Gasteiger partial charge in [0.15, 0.2) is 0 Å². The molecule has 0 aromatic rings. The molecular weight excluding hydrogens is 214 g/mol. The van der Waals surface area contributed by atoms with Crippen LogP contribution in [-0.2, 0) is 0 Å². The Morgan fingerprint density at radius 2 is 1.64 bits per heavy atom. The van der Waals surface area contributed by atoms with Crippen LogP contribution in [-0.4, -0.2) is 31.0 Å². The fraction of sp³-hybridized carbons (Fsp3) is 1.00. The SMILES string of the molecule is CCC(Cl)C(Cl)(Cl)C(O)(O)O. The molecule has 0 radical (unpaired) electrons. The maximum Gasteiger partial charge on any atom is 0.311 e. The van der Waals surface area contributed by atoms with Crippen molar-refractivity contribution >= 4 is 34.8 Å². The fourth-order valence-corrected chi connectivity index (χ4v) is 0.921. The highest BCUT2D eigenvalue weighted by Crippen LogP contribution is 2.38. The summed E-state index contributed by atoms with van der Waals surface area (Å²) in [5.74, 6) is -3.18. The van der Waals surface area contributed by atoms with E-state index in [0.29, 0.717) is 6.42 Å². The molecule has 0 spiro atoms. The summed E-state index contributed by atoms with van der Waals surface area (Å²) in [4.78, 5) is 0. The zero-order valence-corrected chi connectivity index (χ0v) is 8.03. The molecule has 1 unspecified atom stereocenters. The van der Waals surface area contributed by atoms with Crippen LogP contribution in [0.3, 0.4) is 0 Å². The van der Waals surface area contributed by atoms with Gasteiger partial charge in [0, 0.05) is 0 Å². The molecule has 0 aliphatic rings. The molecule has 68 valence electrons. The van der Waals surface area contributed by atoms with Crippen molar-refractivity contribution in [2.45, 2.75) is 29.0 Å². The first-order chi connectivity index (χ1) is 4.73. The summed E-state index contributed by atoms with van der Waals surface area (Å²) in [5, 5.41) is 24.9. The van der Waals surface area contributed by atoms with Crippen LogP contribution >= 0.6 is 34.8 Å². The van der Waals surface area contributed by atoms with Crippen molar-refractivity contribution in [3.63, 3.8) is 0 Å². The molecule has 3 N–H and O–H groups in total. The Balaban J connectivity index is 4.45. The minimum absolute atomic E-state index is 0.304. The van der Waals surface area contributed by atoms with Crippen molar-refractivity contribution in [2.24, 2.45) is 0 Å². The van der Waals surface area contributed by atoms with Crippen LogP contribution in [0.5, 0.6) is 0 Å². The molecule has 0 aliphatic heterocycles. The standard InChI is InChI=1S/C5H9Cl3O3/c1-2-3(6)4(7,8)5(9,10)11/h3,9-11H,2H2,1H3. The summed E-state index contributed by atoms with van der Waals surface area (Å²) in [6.07, 6.45) is 0.304.